The van der Waals surface area contributed by atoms with Crippen molar-refractivity contribution in [2.45, 2.75) is 122 Å². The minimum atomic E-state index is -0.946. The van der Waals surface area contributed by atoms with Gasteiger partial charge >= 0.3 is 5.97 Å². The fourth-order valence-corrected chi connectivity index (χ4v) is 7.48. The van der Waals surface area contributed by atoms with Crippen molar-refractivity contribution in [3.05, 3.63) is 114 Å². The number of aliphatic hydroxyl groups excluding tert-OH is 1. The van der Waals surface area contributed by atoms with E-state index in [-0.39, 0.29) is 36.8 Å². The van der Waals surface area contributed by atoms with E-state index in [9.17, 15) is 9.90 Å². The maximum absolute atomic E-state index is 13.1. The molecule has 1 spiro atoms. The molecule has 5 rings (SSSR count). The zero-order chi connectivity index (χ0) is 35.4. The Morgan fingerprint density at radius 2 is 1.64 bits per heavy atom. The molecule has 2 fully saturated rings. The Bertz CT molecular complexity index is 1470. The first-order chi connectivity index (χ1) is 24.1. The van der Waals surface area contributed by atoms with Crippen LogP contribution in [0.5, 0.6) is 5.75 Å². The summed E-state index contributed by atoms with van der Waals surface area (Å²) in [5, 5.41) is 10.6. The summed E-state index contributed by atoms with van der Waals surface area (Å²) in [6, 6.07) is 28.3. The van der Waals surface area contributed by atoms with Crippen LogP contribution in [0, 0.1) is 11.3 Å². The summed E-state index contributed by atoms with van der Waals surface area (Å²) >= 11 is 0. The van der Waals surface area contributed by atoms with Crippen molar-refractivity contribution in [2.75, 3.05) is 6.61 Å². The van der Waals surface area contributed by atoms with Gasteiger partial charge in [0, 0.05) is 18.3 Å². The van der Waals surface area contributed by atoms with Gasteiger partial charge in [0.15, 0.2) is 5.79 Å². The van der Waals surface area contributed by atoms with E-state index in [4.69, 9.17) is 23.7 Å². The second-order valence-corrected chi connectivity index (χ2v) is 14.8. The van der Waals surface area contributed by atoms with Crippen molar-refractivity contribution < 1.29 is 33.6 Å². The first kappa shape index (κ1) is 37.8. The minimum absolute atomic E-state index is 0.0180. The zero-order valence-electron chi connectivity index (χ0n) is 30.1. The molecule has 3 aromatic rings. The average molecular weight is 685 g/mol. The summed E-state index contributed by atoms with van der Waals surface area (Å²) in [5.41, 5.74) is 3.11. The molecular weight excluding hydrogens is 628 g/mol. The van der Waals surface area contributed by atoms with Gasteiger partial charge in [0.05, 0.1) is 37.9 Å². The van der Waals surface area contributed by atoms with Crippen LogP contribution in [-0.4, -0.2) is 47.9 Å². The number of carbonyl (C=O) groups excluding carboxylic acids is 1. The monoisotopic (exact) mass is 684 g/mol. The average Bonchev–Trinajstić information content (AvgIpc) is 3.09. The third-order valence-electron chi connectivity index (χ3n) is 10.1. The van der Waals surface area contributed by atoms with Crippen molar-refractivity contribution in [3.63, 3.8) is 0 Å². The quantitative estimate of drug-likeness (QED) is 0.0865. The zero-order valence-corrected chi connectivity index (χ0v) is 30.1. The maximum atomic E-state index is 13.1. The van der Waals surface area contributed by atoms with E-state index in [1.165, 1.54) is 5.56 Å². The van der Waals surface area contributed by atoms with E-state index in [0.29, 0.717) is 32.0 Å². The molecule has 270 valence electrons. The molecule has 0 saturated carbocycles. The van der Waals surface area contributed by atoms with E-state index in [0.717, 1.165) is 55.4 Å². The number of hydrogen-bond donors (Lipinski definition) is 1. The Morgan fingerprint density at radius 1 is 0.940 bits per heavy atom. The predicted molar refractivity (Wildman–Crippen MR) is 195 cm³/mol. The molecule has 2 aliphatic rings. The van der Waals surface area contributed by atoms with E-state index < -0.39 is 17.9 Å². The number of unbranched alkanes of at least 4 members (excludes halogenated alkanes) is 1. The fourth-order valence-electron chi connectivity index (χ4n) is 7.48. The van der Waals surface area contributed by atoms with Gasteiger partial charge in [-0.15, -0.1) is 6.58 Å². The number of hydrogen-bond acceptors (Lipinski definition) is 7. The number of aryl methyl sites for hydroxylation is 1. The summed E-state index contributed by atoms with van der Waals surface area (Å²) in [7, 11) is 0. The molecule has 2 heterocycles. The normalized spacial score (nSPS) is 25.1. The second-order valence-electron chi connectivity index (χ2n) is 14.8. The molecule has 0 amide bonds. The molecule has 7 heteroatoms. The van der Waals surface area contributed by atoms with Crippen LogP contribution in [0.25, 0.3) is 0 Å². The first-order valence-electron chi connectivity index (χ1n) is 18.4. The van der Waals surface area contributed by atoms with Crippen molar-refractivity contribution in [3.8, 4) is 5.75 Å². The minimum Gasteiger partial charge on any atom is -0.489 e. The predicted octanol–water partition coefficient (Wildman–Crippen LogP) is 8.76. The van der Waals surface area contributed by atoms with Crippen LogP contribution in [-0.2, 0) is 43.4 Å². The Morgan fingerprint density at radius 3 is 2.36 bits per heavy atom. The molecule has 0 bridgehead atoms. The number of aliphatic hydroxyl groups is 1. The van der Waals surface area contributed by atoms with Crippen LogP contribution in [0.1, 0.15) is 88.8 Å². The molecular formula is C43H56O7. The second kappa shape index (κ2) is 18.1. The largest absolute Gasteiger partial charge is 0.489 e. The number of carbonyl (C=O) groups is 1. The van der Waals surface area contributed by atoms with Crippen molar-refractivity contribution in [1.29, 1.82) is 0 Å². The summed E-state index contributed by atoms with van der Waals surface area (Å²) < 4.78 is 31.6. The smallest absolute Gasteiger partial charge is 0.308 e. The van der Waals surface area contributed by atoms with Crippen LogP contribution in [0.15, 0.2) is 97.6 Å². The molecule has 0 radical (unpaired) electrons. The molecule has 2 saturated heterocycles. The van der Waals surface area contributed by atoms with E-state index in [1.807, 2.05) is 60.7 Å². The Hall–Kier alpha value is -3.49. The van der Waals surface area contributed by atoms with Crippen LogP contribution in [0.3, 0.4) is 0 Å². The number of esters is 1. The van der Waals surface area contributed by atoms with Gasteiger partial charge < -0.3 is 28.8 Å². The standard InChI is InChI=1S/C43H56O7/c1-5-15-40-32(2)27-42(3,4)43(50-40)28-39(48-41(45)25-36(44)31-46-29-34-17-8-6-9-18-34)26-38(49-43)22-13-12-16-33-21-14-23-37(24-33)47-30-35-19-10-7-11-20-35/h5-11,14,17-21,23-24,32,36,38-40,44H,1,12-13,15-16,22,25-31H2,2-4H3/t32-,36-,38-,39-,40+,43+/m1/s1. The van der Waals surface area contributed by atoms with Crippen molar-refractivity contribution >= 4 is 5.97 Å². The number of ether oxygens (including phenoxy) is 5. The summed E-state index contributed by atoms with van der Waals surface area (Å²) in [6.45, 7) is 11.6. The highest BCUT2D eigenvalue weighted by molar-refractivity contribution is 5.70. The fraction of sp³-hybridized carbons (Fsp3) is 0.512. The summed E-state index contributed by atoms with van der Waals surface area (Å²) in [4.78, 5) is 13.1. The van der Waals surface area contributed by atoms with Gasteiger partial charge in [-0.05, 0) is 66.8 Å². The first-order valence-corrected chi connectivity index (χ1v) is 18.4. The number of benzene rings is 3. The van der Waals surface area contributed by atoms with E-state index >= 15 is 0 Å². The van der Waals surface area contributed by atoms with Gasteiger partial charge in [-0.3, -0.25) is 4.79 Å². The van der Waals surface area contributed by atoms with Gasteiger partial charge in [0.2, 0.25) is 0 Å². The molecule has 0 aromatic heterocycles. The van der Waals surface area contributed by atoms with Gasteiger partial charge in [0.1, 0.15) is 18.5 Å². The molecule has 7 nitrogen and oxygen atoms in total. The summed E-state index contributed by atoms with van der Waals surface area (Å²) in [6.07, 6.45) is 6.75. The third-order valence-corrected chi connectivity index (χ3v) is 10.1. The molecule has 1 N–H and O–H groups in total. The van der Waals surface area contributed by atoms with Crippen LogP contribution < -0.4 is 4.74 Å². The lowest BCUT2D eigenvalue weighted by Crippen LogP contribution is -2.62. The Labute approximate surface area is 298 Å². The van der Waals surface area contributed by atoms with Crippen LogP contribution in [0.2, 0.25) is 0 Å². The van der Waals surface area contributed by atoms with Crippen LogP contribution in [0.4, 0.5) is 0 Å². The highest BCUT2D eigenvalue weighted by atomic mass is 16.7. The molecule has 50 heavy (non-hydrogen) atoms. The Kier molecular flexibility index (Phi) is 13.7. The third kappa shape index (κ3) is 10.8. The Balaban J connectivity index is 1.17. The van der Waals surface area contributed by atoms with Gasteiger partial charge in [-0.25, -0.2) is 0 Å². The lowest BCUT2D eigenvalue weighted by atomic mass is 9.68. The number of rotatable bonds is 17. The highest BCUT2D eigenvalue weighted by Gasteiger charge is 2.58. The van der Waals surface area contributed by atoms with Gasteiger partial charge in [-0.1, -0.05) is 106 Å². The van der Waals surface area contributed by atoms with Gasteiger partial charge in [-0.2, -0.15) is 0 Å². The van der Waals surface area contributed by atoms with Gasteiger partial charge in [0.25, 0.3) is 0 Å². The summed E-state index contributed by atoms with van der Waals surface area (Å²) in [5.74, 6) is -0.0952. The molecule has 6 atom stereocenters. The van der Waals surface area contributed by atoms with E-state index in [1.54, 1.807) is 0 Å². The molecule has 3 aromatic carbocycles. The highest BCUT2D eigenvalue weighted by Crippen LogP contribution is 2.53. The molecule has 0 unspecified atom stereocenters. The van der Waals surface area contributed by atoms with Crippen LogP contribution >= 0.6 is 0 Å². The lowest BCUT2D eigenvalue weighted by molar-refractivity contribution is -0.380. The van der Waals surface area contributed by atoms with E-state index in [2.05, 4.69) is 57.7 Å². The molecule has 2 aliphatic heterocycles. The van der Waals surface area contributed by atoms with Crippen molar-refractivity contribution in [1.82, 2.24) is 0 Å². The maximum Gasteiger partial charge on any atom is 0.308 e. The lowest BCUT2D eigenvalue weighted by Gasteiger charge is -2.57. The SMILES string of the molecule is C=CC[C@@H]1O[C@@]2(C[C@H](OC(=O)C[C@@H](O)COCc3ccccc3)C[C@@H](CCCCc3cccc(OCc4ccccc4)c3)O2)C(C)(C)C[C@H]1C. The topological polar surface area (TPSA) is 83.5 Å². The van der Waals surface area contributed by atoms with Crippen molar-refractivity contribution in [2.24, 2.45) is 11.3 Å². The molecule has 0 aliphatic carbocycles.